The lowest BCUT2D eigenvalue weighted by Crippen LogP contribution is -2.60. The van der Waals surface area contributed by atoms with Gasteiger partial charge >= 0.3 is 0 Å². The number of piperidine rings is 1. The lowest BCUT2D eigenvalue weighted by atomic mass is 9.59. The number of nitrogens with one attached hydrogen (secondary N) is 1. The van der Waals surface area contributed by atoms with Crippen LogP contribution in [0.25, 0.3) is 0 Å². The highest BCUT2D eigenvalue weighted by Crippen LogP contribution is 2.49. The van der Waals surface area contributed by atoms with Crippen molar-refractivity contribution in [1.29, 1.82) is 0 Å². The van der Waals surface area contributed by atoms with Gasteiger partial charge in [-0.15, -0.1) is 0 Å². The second-order valence-corrected chi connectivity index (χ2v) is 7.04. The van der Waals surface area contributed by atoms with Gasteiger partial charge in [0.1, 0.15) is 6.61 Å². The largest absolute Gasteiger partial charge is 0.375 e. The summed E-state index contributed by atoms with van der Waals surface area (Å²) in [6.07, 6.45) is 4.13. The Bertz CT molecular complexity index is 536. The first-order chi connectivity index (χ1) is 10.6. The zero-order valence-corrected chi connectivity index (χ0v) is 13.7. The standard InChI is InChI=1S/C16H22N2O3S/c1-21-10-14(19)17-13-2-4-16(13)5-7-18(8-6-16)15(20)12-3-9-22-11-12/h3,9,11,13H,2,4-8,10H2,1H3,(H,17,19). The van der Waals surface area contributed by atoms with Crippen LogP contribution < -0.4 is 5.32 Å². The van der Waals surface area contributed by atoms with E-state index < -0.39 is 0 Å². The van der Waals surface area contributed by atoms with E-state index in [1.165, 1.54) is 7.11 Å². The van der Waals surface area contributed by atoms with Crippen molar-refractivity contribution in [2.45, 2.75) is 31.7 Å². The van der Waals surface area contributed by atoms with Crippen LogP contribution in [0.3, 0.4) is 0 Å². The number of ether oxygens (including phenoxy) is 1. The van der Waals surface area contributed by atoms with Crippen LogP contribution in [-0.2, 0) is 9.53 Å². The van der Waals surface area contributed by atoms with Crippen LogP contribution in [-0.4, -0.2) is 49.6 Å². The second-order valence-electron chi connectivity index (χ2n) is 6.26. The van der Waals surface area contributed by atoms with Gasteiger partial charge in [0.25, 0.3) is 5.91 Å². The average Bonchev–Trinajstić information content (AvgIpc) is 3.06. The summed E-state index contributed by atoms with van der Waals surface area (Å²) in [6, 6.07) is 2.13. The maximum Gasteiger partial charge on any atom is 0.254 e. The van der Waals surface area contributed by atoms with Gasteiger partial charge in [0.15, 0.2) is 0 Å². The fourth-order valence-corrected chi connectivity index (χ4v) is 4.24. The van der Waals surface area contributed by atoms with E-state index in [0.29, 0.717) is 0 Å². The minimum Gasteiger partial charge on any atom is -0.375 e. The molecule has 1 aliphatic heterocycles. The first kappa shape index (κ1) is 15.5. The molecule has 120 valence electrons. The maximum absolute atomic E-state index is 12.4. The molecule has 1 saturated carbocycles. The van der Waals surface area contributed by atoms with Gasteiger partial charge in [-0.1, -0.05) is 0 Å². The SMILES string of the molecule is COCC(=O)NC1CCC12CCN(C(=O)c1ccsc1)CC2. The van der Waals surface area contributed by atoms with Gasteiger partial charge in [-0.2, -0.15) is 11.3 Å². The summed E-state index contributed by atoms with van der Waals surface area (Å²) in [5.41, 5.74) is 0.981. The van der Waals surface area contributed by atoms with Crippen LogP contribution in [0.1, 0.15) is 36.0 Å². The number of carbonyl (C=O) groups is 2. The highest BCUT2D eigenvalue weighted by Gasteiger charge is 2.49. The van der Waals surface area contributed by atoms with Gasteiger partial charge in [-0.05, 0) is 42.5 Å². The molecule has 1 aliphatic carbocycles. The van der Waals surface area contributed by atoms with Crippen molar-refractivity contribution in [2.24, 2.45) is 5.41 Å². The summed E-state index contributed by atoms with van der Waals surface area (Å²) in [5, 5.41) is 6.93. The third kappa shape index (κ3) is 2.90. The molecular weight excluding hydrogens is 300 g/mol. The number of amides is 2. The molecule has 1 atom stereocenters. The number of thiophene rings is 1. The van der Waals surface area contributed by atoms with Crippen molar-refractivity contribution in [2.75, 3.05) is 26.8 Å². The Morgan fingerprint density at radius 2 is 2.18 bits per heavy atom. The predicted molar refractivity (Wildman–Crippen MR) is 84.9 cm³/mol. The van der Waals surface area contributed by atoms with Crippen molar-refractivity contribution in [3.63, 3.8) is 0 Å². The van der Waals surface area contributed by atoms with Crippen LogP contribution in [0.15, 0.2) is 16.8 Å². The number of nitrogens with zero attached hydrogens (tertiary/aromatic N) is 1. The Balaban J connectivity index is 1.55. The van der Waals surface area contributed by atoms with Gasteiger partial charge in [-0.25, -0.2) is 0 Å². The van der Waals surface area contributed by atoms with Crippen LogP contribution >= 0.6 is 11.3 Å². The van der Waals surface area contributed by atoms with Gasteiger partial charge < -0.3 is 15.0 Å². The first-order valence-corrected chi connectivity index (χ1v) is 8.69. The Kier molecular flexibility index (Phi) is 4.49. The first-order valence-electron chi connectivity index (χ1n) is 7.74. The molecule has 22 heavy (non-hydrogen) atoms. The molecule has 6 heteroatoms. The number of likely N-dealkylation sites (tertiary alicyclic amines) is 1. The van der Waals surface area contributed by atoms with Gasteiger partial charge in [0, 0.05) is 31.6 Å². The second kappa shape index (κ2) is 6.38. The van der Waals surface area contributed by atoms with Crippen molar-refractivity contribution in [3.8, 4) is 0 Å². The Morgan fingerprint density at radius 1 is 1.41 bits per heavy atom. The van der Waals surface area contributed by atoms with E-state index in [2.05, 4.69) is 5.32 Å². The van der Waals surface area contributed by atoms with Gasteiger partial charge in [-0.3, -0.25) is 9.59 Å². The summed E-state index contributed by atoms with van der Waals surface area (Å²) < 4.78 is 4.87. The minimum absolute atomic E-state index is 0.0386. The lowest BCUT2D eigenvalue weighted by Gasteiger charge is -2.54. The molecule has 5 nitrogen and oxygen atoms in total. The number of rotatable bonds is 4. The summed E-state index contributed by atoms with van der Waals surface area (Å²) in [4.78, 5) is 26.0. The van der Waals surface area contributed by atoms with Crippen molar-refractivity contribution in [3.05, 3.63) is 22.4 Å². The Morgan fingerprint density at radius 3 is 2.73 bits per heavy atom. The van der Waals surface area contributed by atoms with Crippen LogP contribution in [0.2, 0.25) is 0 Å². The summed E-state index contributed by atoms with van der Waals surface area (Å²) in [7, 11) is 1.53. The number of hydrogen-bond donors (Lipinski definition) is 1. The number of methoxy groups -OCH3 is 1. The van der Waals surface area contributed by atoms with Crippen LogP contribution in [0.4, 0.5) is 0 Å². The summed E-state index contributed by atoms with van der Waals surface area (Å²) >= 11 is 1.55. The maximum atomic E-state index is 12.4. The normalized spacial score (nSPS) is 23.1. The van der Waals surface area contributed by atoms with Gasteiger partial charge in [0.05, 0.1) is 5.56 Å². The molecular formula is C16H22N2O3S. The van der Waals surface area contributed by atoms with Gasteiger partial charge in [0.2, 0.25) is 5.91 Å². The highest BCUT2D eigenvalue weighted by atomic mass is 32.1. The van der Waals surface area contributed by atoms with Crippen molar-refractivity contribution < 1.29 is 14.3 Å². The summed E-state index contributed by atoms with van der Waals surface area (Å²) in [6.45, 7) is 1.69. The minimum atomic E-state index is -0.0386. The topological polar surface area (TPSA) is 58.6 Å². The molecule has 2 amide bonds. The zero-order chi connectivity index (χ0) is 15.6. The molecule has 2 aliphatic rings. The molecule has 1 aromatic rings. The molecule has 0 aromatic carbocycles. The molecule has 0 bridgehead atoms. The van der Waals surface area contributed by atoms with E-state index in [-0.39, 0.29) is 29.9 Å². The Labute approximate surface area is 134 Å². The molecule has 1 N–H and O–H groups in total. The number of carbonyl (C=O) groups excluding carboxylic acids is 2. The smallest absolute Gasteiger partial charge is 0.254 e. The van der Waals surface area contributed by atoms with E-state index in [4.69, 9.17) is 4.74 Å². The predicted octanol–water partition coefficient (Wildman–Crippen LogP) is 1.90. The van der Waals surface area contributed by atoms with E-state index >= 15 is 0 Å². The van der Waals surface area contributed by atoms with E-state index in [0.717, 1.165) is 44.3 Å². The van der Waals surface area contributed by atoms with Crippen LogP contribution in [0.5, 0.6) is 0 Å². The molecule has 1 spiro atoms. The average molecular weight is 322 g/mol. The third-order valence-electron chi connectivity index (χ3n) is 5.10. The third-order valence-corrected chi connectivity index (χ3v) is 5.78. The fraction of sp³-hybridized carbons (Fsp3) is 0.625. The monoisotopic (exact) mass is 322 g/mol. The lowest BCUT2D eigenvalue weighted by molar-refractivity contribution is -0.129. The van der Waals surface area contributed by atoms with E-state index in [9.17, 15) is 9.59 Å². The molecule has 1 unspecified atom stereocenters. The van der Waals surface area contributed by atoms with E-state index in [1.54, 1.807) is 11.3 Å². The number of hydrogen-bond acceptors (Lipinski definition) is 4. The molecule has 1 aromatic heterocycles. The van der Waals surface area contributed by atoms with Crippen molar-refractivity contribution in [1.82, 2.24) is 10.2 Å². The molecule has 0 radical (unpaired) electrons. The highest BCUT2D eigenvalue weighted by molar-refractivity contribution is 7.08. The van der Waals surface area contributed by atoms with Crippen LogP contribution in [0, 0.1) is 5.41 Å². The van der Waals surface area contributed by atoms with Crippen molar-refractivity contribution >= 4 is 23.2 Å². The quantitative estimate of drug-likeness (QED) is 0.921. The summed E-state index contributed by atoms with van der Waals surface area (Å²) in [5.74, 6) is 0.0961. The van der Waals surface area contributed by atoms with E-state index in [1.807, 2.05) is 21.7 Å². The molecule has 1 saturated heterocycles. The zero-order valence-electron chi connectivity index (χ0n) is 12.8. The molecule has 2 fully saturated rings. The Hall–Kier alpha value is -1.40. The fourth-order valence-electron chi connectivity index (χ4n) is 3.61. The molecule has 3 rings (SSSR count). The molecule has 2 heterocycles.